The molecular formula is C17H15ClN4. The van der Waals surface area contributed by atoms with Gasteiger partial charge in [0.1, 0.15) is 5.82 Å². The van der Waals surface area contributed by atoms with Crippen molar-refractivity contribution in [2.45, 2.75) is 12.8 Å². The minimum absolute atomic E-state index is 0.260. The predicted molar refractivity (Wildman–Crippen MR) is 88.7 cm³/mol. The summed E-state index contributed by atoms with van der Waals surface area (Å²) in [5, 5.41) is 13.0. The number of halogens is 1. The number of aromatic nitrogens is 3. The van der Waals surface area contributed by atoms with Crippen LogP contribution in [0.3, 0.4) is 0 Å². The molecule has 4 rings (SSSR count). The predicted octanol–water partition coefficient (Wildman–Crippen LogP) is 4.12. The van der Waals surface area contributed by atoms with Gasteiger partial charge in [0.15, 0.2) is 5.82 Å². The van der Waals surface area contributed by atoms with Gasteiger partial charge < -0.3 is 5.32 Å². The number of hydrogen-bond donors (Lipinski definition) is 1. The second-order valence-electron chi connectivity index (χ2n) is 5.53. The molecule has 5 heteroatoms. The number of nitrogens with one attached hydrogen (secondary N) is 1. The van der Waals surface area contributed by atoms with Gasteiger partial charge in [-0.15, -0.1) is 10.2 Å². The molecule has 0 spiro atoms. The number of benzene rings is 2. The normalized spacial score (nSPS) is 16.4. The van der Waals surface area contributed by atoms with E-state index in [-0.39, 0.29) is 5.92 Å². The van der Waals surface area contributed by atoms with Crippen LogP contribution in [0.15, 0.2) is 48.5 Å². The highest BCUT2D eigenvalue weighted by atomic mass is 35.5. The van der Waals surface area contributed by atoms with Crippen LogP contribution in [-0.2, 0) is 0 Å². The average molecular weight is 311 g/mol. The molecule has 0 aliphatic carbocycles. The molecule has 0 saturated carbocycles. The fourth-order valence-electron chi connectivity index (χ4n) is 2.82. The third-order valence-electron chi connectivity index (χ3n) is 3.96. The minimum Gasteiger partial charge on any atom is -0.383 e. The van der Waals surface area contributed by atoms with Crippen molar-refractivity contribution in [2.75, 3.05) is 11.9 Å². The van der Waals surface area contributed by atoms with E-state index in [2.05, 4.69) is 27.0 Å². The highest BCUT2D eigenvalue weighted by Gasteiger charge is 2.24. The molecule has 0 radical (unpaired) electrons. The van der Waals surface area contributed by atoms with Gasteiger partial charge in [0, 0.05) is 23.0 Å². The van der Waals surface area contributed by atoms with Gasteiger partial charge in [-0.25, -0.2) is 0 Å². The molecule has 3 aromatic rings. The van der Waals surface area contributed by atoms with Gasteiger partial charge >= 0.3 is 0 Å². The maximum atomic E-state index is 6.22. The summed E-state index contributed by atoms with van der Waals surface area (Å²) >= 11 is 6.22. The zero-order chi connectivity index (χ0) is 15.1. The zero-order valence-electron chi connectivity index (χ0n) is 12.1. The van der Waals surface area contributed by atoms with Crippen LogP contribution in [0.1, 0.15) is 18.7 Å². The van der Waals surface area contributed by atoms with E-state index in [0.29, 0.717) is 5.02 Å². The molecule has 2 heterocycles. The molecule has 22 heavy (non-hydrogen) atoms. The fourth-order valence-corrected chi connectivity index (χ4v) is 2.99. The molecule has 4 nitrogen and oxygen atoms in total. The molecule has 1 unspecified atom stereocenters. The second kappa shape index (κ2) is 5.14. The van der Waals surface area contributed by atoms with Crippen LogP contribution in [0.25, 0.3) is 17.1 Å². The molecule has 0 saturated heterocycles. The average Bonchev–Trinajstić information content (AvgIpc) is 2.94. The maximum Gasteiger partial charge on any atom is 0.168 e. The summed E-state index contributed by atoms with van der Waals surface area (Å²) < 4.78 is 2.11. The summed E-state index contributed by atoms with van der Waals surface area (Å²) in [4.78, 5) is 0. The van der Waals surface area contributed by atoms with Gasteiger partial charge in [0.25, 0.3) is 0 Å². The van der Waals surface area contributed by atoms with Crippen LogP contribution >= 0.6 is 11.6 Å². The van der Waals surface area contributed by atoms with Crippen molar-refractivity contribution in [1.82, 2.24) is 14.8 Å². The molecule has 1 atom stereocenters. The second-order valence-corrected chi connectivity index (χ2v) is 5.96. The summed E-state index contributed by atoms with van der Waals surface area (Å²) in [5.41, 5.74) is 3.09. The van der Waals surface area contributed by atoms with Crippen LogP contribution in [0.4, 0.5) is 5.69 Å². The van der Waals surface area contributed by atoms with Crippen molar-refractivity contribution in [3.05, 3.63) is 59.4 Å². The van der Waals surface area contributed by atoms with Crippen molar-refractivity contribution in [2.24, 2.45) is 0 Å². The first-order valence-electron chi connectivity index (χ1n) is 7.28. The van der Waals surface area contributed by atoms with Crippen LogP contribution in [0.2, 0.25) is 5.02 Å². The maximum absolute atomic E-state index is 6.22. The van der Waals surface area contributed by atoms with E-state index in [4.69, 9.17) is 11.6 Å². The van der Waals surface area contributed by atoms with Gasteiger partial charge in [0.2, 0.25) is 0 Å². The lowest BCUT2D eigenvalue weighted by molar-refractivity contribution is 0.725. The summed E-state index contributed by atoms with van der Waals surface area (Å²) in [7, 11) is 0. The first-order valence-corrected chi connectivity index (χ1v) is 7.66. The first-order chi connectivity index (χ1) is 10.7. The van der Waals surface area contributed by atoms with Crippen molar-refractivity contribution in [1.29, 1.82) is 0 Å². The van der Waals surface area contributed by atoms with Crippen LogP contribution in [-0.4, -0.2) is 21.3 Å². The van der Waals surface area contributed by atoms with Crippen LogP contribution in [0, 0.1) is 0 Å². The topological polar surface area (TPSA) is 42.7 Å². The molecule has 1 aromatic heterocycles. The van der Waals surface area contributed by atoms with Crippen molar-refractivity contribution < 1.29 is 0 Å². The Balaban J connectivity index is 2.01. The van der Waals surface area contributed by atoms with Gasteiger partial charge in [-0.05, 0) is 18.2 Å². The number of hydrogen-bond acceptors (Lipinski definition) is 3. The Bertz CT molecular complexity index is 826. The van der Waals surface area contributed by atoms with E-state index in [1.807, 2.05) is 48.5 Å². The lowest BCUT2D eigenvalue weighted by atomic mass is 10.1. The van der Waals surface area contributed by atoms with E-state index in [1.165, 1.54) is 0 Å². The third kappa shape index (κ3) is 2.07. The summed E-state index contributed by atoms with van der Waals surface area (Å²) in [6.07, 6.45) is 0. The number of anilines is 1. The van der Waals surface area contributed by atoms with E-state index >= 15 is 0 Å². The molecule has 2 aromatic carbocycles. The fraction of sp³-hybridized carbons (Fsp3) is 0.176. The van der Waals surface area contributed by atoms with Crippen molar-refractivity contribution >= 4 is 17.3 Å². The zero-order valence-corrected chi connectivity index (χ0v) is 12.9. The van der Waals surface area contributed by atoms with Gasteiger partial charge in [-0.1, -0.05) is 48.9 Å². The van der Waals surface area contributed by atoms with Gasteiger partial charge in [-0.2, -0.15) is 0 Å². The molecular weight excluding hydrogens is 296 g/mol. The van der Waals surface area contributed by atoms with Gasteiger partial charge in [-0.3, -0.25) is 4.57 Å². The summed E-state index contributed by atoms with van der Waals surface area (Å²) in [5.74, 6) is 2.05. The van der Waals surface area contributed by atoms with Crippen molar-refractivity contribution in [3.8, 4) is 17.1 Å². The standard InChI is InChI=1S/C17H15ClN4/c1-11-10-19-14-8-7-13(18)9-15(14)22-16(11)20-21-17(22)12-5-3-2-4-6-12/h2-9,11,19H,10H2,1H3. The monoisotopic (exact) mass is 310 g/mol. The van der Waals surface area contributed by atoms with Crippen LogP contribution in [0.5, 0.6) is 0 Å². The molecule has 1 aliphatic heterocycles. The summed E-state index contributed by atoms with van der Waals surface area (Å²) in [6, 6.07) is 16.0. The van der Waals surface area contributed by atoms with Gasteiger partial charge in [0.05, 0.1) is 11.4 Å². The molecule has 1 N–H and O–H groups in total. The quantitative estimate of drug-likeness (QED) is 0.735. The highest BCUT2D eigenvalue weighted by molar-refractivity contribution is 6.30. The Morgan fingerprint density at radius 3 is 2.77 bits per heavy atom. The Morgan fingerprint density at radius 2 is 1.95 bits per heavy atom. The van der Waals surface area contributed by atoms with E-state index in [0.717, 1.165) is 35.1 Å². The lowest BCUT2D eigenvalue weighted by Gasteiger charge is -2.12. The molecule has 1 aliphatic rings. The lowest BCUT2D eigenvalue weighted by Crippen LogP contribution is -2.09. The molecule has 0 bridgehead atoms. The smallest absolute Gasteiger partial charge is 0.168 e. The number of rotatable bonds is 1. The highest BCUT2D eigenvalue weighted by Crippen LogP contribution is 2.34. The molecule has 110 valence electrons. The number of fused-ring (bicyclic) bond motifs is 3. The summed E-state index contributed by atoms with van der Waals surface area (Å²) in [6.45, 7) is 2.97. The Labute approximate surface area is 133 Å². The Kier molecular flexibility index (Phi) is 3.12. The van der Waals surface area contributed by atoms with E-state index < -0.39 is 0 Å². The largest absolute Gasteiger partial charge is 0.383 e. The Hall–Kier alpha value is -2.33. The minimum atomic E-state index is 0.260. The molecule has 0 fully saturated rings. The van der Waals surface area contributed by atoms with E-state index in [1.54, 1.807) is 0 Å². The first kappa shape index (κ1) is 13.3. The third-order valence-corrected chi connectivity index (χ3v) is 4.20. The number of nitrogens with zero attached hydrogens (tertiary/aromatic N) is 3. The van der Waals surface area contributed by atoms with E-state index in [9.17, 15) is 0 Å². The SMILES string of the molecule is CC1CNc2ccc(Cl)cc2-n2c(-c3ccccc3)nnc21. The molecule has 0 amide bonds. The van der Waals surface area contributed by atoms with Crippen molar-refractivity contribution in [3.63, 3.8) is 0 Å². The Morgan fingerprint density at radius 1 is 1.14 bits per heavy atom. The van der Waals surface area contributed by atoms with Crippen LogP contribution < -0.4 is 5.32 Å².